The largest absolute Gasteiger partial charge is 0.481 e. The Balaban J connectivity index is 2.20. The van der Waals surface area contributed by atoms with E-state index in [9.17, 15) is 27.2 Å². The van der Waals surface area contributed by atoms with Crippen LogP contribution >= 0.6 is 0 Å². The first kappa shape index (κ1) is 18.4. The molecule has 0 radical (unpaired) electrons. The second-order valence-corrected chi connectivity index (χ2v) is 5.64. The third-order valence-electron chi connectivity index (χ3n) is 3.87. The topological polar surface area (TPSA) is 64.4 Å². The molecule has 27 heavy (non-hydrogen) atoms. The van der Waals surface area contributed by atoms with Gasteiger partial charge in [-0.1, -0.05) is 5.92 Å². The van der Waals surface area contributed by atoms with Crippen molar-refractivity contribution in [1.29, 1.82) is 0 Å². The molecule has 1 aromatic heterocycles. The molecule has 1 amide bonds. The van der Waals surface area contributed by atoms with Crippen LogP contribution in [-0.2, 0) is 11.0 Å². The van der Waals surface area contributed by atoms with Crippen molar-refractivity contribution >= 4 is 11.6 Å². The highest BCUT2D eigenvalue weighted by Crippen LogP contribution is 2.35. The lowest BCUT2D eigenvalue weighted by molar-refractivity contribution is -0.138. The number of aromatic nitrogens is 2. The first-order valence-electron chi connectivity index (χ1n) is 7.52. The van der Waals surface area contributed by atoms with Gasteiger partial charge in [0.25, 0.3) is 11.5 Å². The Kier molecular flexibility index (Phi) is 4.39. The molecule has 2 heterocycles. The molecule has 0 saturated heterocycles. The molecule has 0 unspecified atom stereocenters. The highest BCUT2D eigenvalue weighted by atomic mass is 19.4. The zero-order chi connectivity index (χ0) is 19.9. The second-order valence-electron chi connectivity index (χ2n) is 5.64. The molecular weight excluding hydrogens is 370 g/mol. The molecule has 0 saturated carbocycles. The Morgan fingerprint density at radius 3 is 2.59 bits per heavy atom. The van der Waals surface area contributed by atoms with Crippen molar-refractivity contribution in [2.75, 3.05) is 18.1 Å². The lowest BCUT2D eigenvalue weighted by Gasteiger charge is -2.28. The van der Waals surface area contributed by atoms with E-state index in [2.05, 4.69) is 11.0 Å². The van der Waals surface area contributed by atoms with E-state index < -0.39 is 40.4 Å². The summed E-state index contributed by atoms with van der Waals surface area (Å²) in [5, 5.41) is 3.57. The average Bonchev–Trinajstić information content (AvgIpc) is 2.58. The van der Waals surface area contributed by atoms with Crippen LogP contribution < -0.4 is 15.2 Å². The molecule has 2 aromatic rings. The summed E-state index contributed by atoms with van der Waals surface area (Å²) in [5.74, 6) is 0.845. The Hall–Kier alpha value is -3.35. The molecule has 3 rings (SSSR count). The van der Waals surface area contributed by atoms with Crippen LogP contribution in [0, 0.1) is 25.1 Å². The van der Waals surface area contributed by atoms with E-state index >= 15 is 0 Å². The summed E-state index contributed by atoms with van der Waals surface area (Å²) in [6, 6.07) is 2.34. The summed E-state index contributed by atoms with van der Waals surface area (Å²) in [4.78, 5) is 25.2. The summed E-state index contributed by atoms with van der Waals surface area (Å²) in [7, 11) is 0. The fourth-order valence-electron chi connectivity index (χ4n) is 2.64. The highest BCUT2D eigenvalue weighted by molar-refractivity contribution is 5.98. The van der Waals surface area contributed by atoms with E-state index in [4.69, 9.17) is 11.2 Å². The van der Waals surface area contributed by atoms with Gasteiger partial charge in [0.05, 0.1) is 23.5 Å². The summed E-state index contributed by atoms with van der Waals surface area (Å²) >= 11 is 0. The number of terminal acetylenes is 1. The number of anilines is 1. The van der Waals surface area contributed by atoms with E-state index in [1.807, 2.05) is 0 Å². The predicted octanol–water partition coefficient (Wildman–Crippen LogP) is 2.06. The van der Waals surface area contributed by atoms with Crippen molar-refractivity contribution in [2.45, 2.75) is 13.1 Å². The molecule has 0 atom stereocenters. The van der Waals surface area contributed by atoms with Crippen molar-refractivity contribution in [1.82, 2.24) is 9.78 Å². The van der Waals surface area contributed by atoms with Gasteiger partial charge < -0.3 is 4.74 Å². The number of hydrogen-bond acceptors (Lipinski definition) is 4. The maximum Gasteiger partial charge on any atom is 0.418 e. The van der Waals surface area contributed by atoms with E-state index in [0.717, 1.165) is 24.0 Å². The van der Waals surface area contributed by atoms with E-state index in [0.29, 0.717) is 10.7 Å². The van der Waals surface area contributed by atoms with Crippen LogP contribution in [0.25, 0.3) is 5.69 Å². The molecule has 1 aliphatic rings. The lowest BCUT2D eigenvalue weighted by Crippen LogP contribution is -2.39. The third kappa shape index (κ3) is 3.23. The number of carbonyl (C=O) groups excluding carboxylic acids is 1. The second kappa shape index (κ2) is 6.42. The molecule has 6 nitrogen and oxygen atoms in total. The first-order valence-corrected chi connectivity index (χ1v) is 7.52. The molecule has 1 aromatic carbocycles. The predicted molar refractivity (Wildman–Crippen MR) is 86.2 cm³/mol. The molecule has 0 spiro atoms. The minimum atomic E-state index is -4.77. The molecule has 0 N–H and O–H groups in total. The van der Waals surface area contributed by atoms with E-state index in [-0.39, 0.29) is 24.6 Å². The van der Waals surface area contributed by atoms with Gasteiger partial charge in [0.1, 0.15) is 11.4 Å². The van der Waals surface area contributed by atoms with Crippen LogP contribution in [0.4, 0.5) is 23.2 Å². The molecular formula is C17H11F4N3O3. The fraction of sp³-hybridized carbons (Fsp3) is 0.235. The Morgan fingerprint density at radius 2 is 1.96 bits per heavy atom. The molecule has 140 valence electrons. The molecule has 10 heteroatoms. The van der Waals surface area contributed by atoms with Gasteiger partial charge in [-0.15, -0.1) is 6.42 Å². The third-order valence-corrected chi connectivity index (χ3v) is 3.87. The monoisotopic (exact) mass is 381 g/mol. The van der Waals surface area contributed by atoms with Crippen molar-refractivity contribution in [3.05, 3.63) is 45.6 Å². The van der Waals surface area contributed by atoms with Crippen LogP contribution in [0.2, 0.25) is 0 Å². The smallest absolute Gasteiger partial charge is 0.418 e. The van der Waals surface area contributed by atoms with Crippen LogP contribution in [0.5, 0.6) is 5.75 Å². The number of carbonyl (C=O) groups is 1. The number of aryl methyl sites for hydroxylation is 1. The van der Waals surface area contributed by atoms with Gasteiger partial charge >= 0.3 is 6.18 Å². The maximum absolute atomic E-state index is 14.5. The number of rotatable bonds is 2. The van der Waals surface area contributed by atoms with Gasteiger partial charge in [-0.05, 0) is 13.0 Å². The fourth-order valence-corrected chi connectivity index (χ4v) is 2.64. The Bertz CT molecular complexity index is 1040. The number of ether oxygens (including phenoxy) is 1. The van der Waals surface area contributed by atoms with E-state index in [1.165, 1.54) is 0 Å². The summed E-state index contributed by atoms with van der Waals surface area (Å²) < 4.78 is 58.8. The number of hydrogen-bond donors (Lipinski definition) is 0. The minimum absolute atomic E-state index is 0.0165. The molecule has 1 aliphatic heterocycles. The number of nitrogens with zero attached hydrogens (tertiary/aromatic N) is 3. The standard InChI is InChI=1S/C17H11F4N3O3/c1-3-4-23-13-7-12(11(18)6-14(13)27-8-16(23)26)24-15(25)5-10(9(2)22-24)17(19,20)21/h1,5-7H,4,8H2,2H3. The van der Waals surface area contributed by atoms with Crippen molar-refractivity contribution in [3.8, 4) is 23.8 Å². The molecule has 0 bridgehead atoms. The van der Waals surface area contributed by atoms with Gasteiger partial charge in [0.15, 0.2) is 12.4 Å². The normalized spacial score (nSPS) is 13.8. The van der Waals surface area contributed by atoms with Crippen LogP contribution in [0.1, 0.15) is 11.3 Å². The summed E-state index contributed by atoms with van der Waals surface area (Å²) in [6.07, 6.45) is 0.456. The summed E-state index contributed by atoms with van der Waals surface area (Å²) in [5.41, 5.74) is -3.25. The van der Waals surface area contributed by atoms with Gasteiger partial charge in [-0.3, -0.25) is 14.5 Å². The number of alkyl halides is 3. The van der Waals surface area contributed by atoms with Crippen LogP contribution in [0.15, 0.2) is 23.0 Å². The van der Waals surface area contributed by atoms with Gasteiger partial charge in [0.2, 0.25) is 0 Å². The lowest BCUT2D eigenvalue weighted by atomic mass is 10.2. The number of benzene rings is 1. The van der Waals surface area contributed by atoms with Crippen LogP contribution in [-0.4, -0.2) is 28.8 Å². The molecule has 0 fully saturated rings. The average molecular weight is 381 g/mol. The van der Waals surface area contributed by atoms with Crippen LogP contribution in [0.3, 0.4) is 0 Å². The number of fused-ring (bicyclic) bond motifs is 1. The van der Waals surface area contributed by atoms with Crippen molar-refractivity contribution in [3.63, 3.8) is 0 Å². The zero-order valence-electron chi connectivity index (χ0n) is 13.8. The summed E-state index contributed by atoms with van der Waals surface area (Å²) in [6.45, 7) is 0.575. The Labute approximate surface area is 150 Å². The highest BCUT2D eigenvalue weighted by Gasteiger charge is 2.34. The van der Waals surface area contributed by atoms with Gasteiger partial charge in [-0.25, -0.2) is 4.39 Å². The Morgan fingerprint density at radius 1 is 1.26 bits per heavy atom. The zero-order valence-corrected chi connectivity index (χ0v) is 13.8. The minimum Gasteiger partial charge on any atom is -0.481 e. The van der Waals surface area contributed by atoms with Crippen molar-refractivity contribution in [2.24, 2.45) is 0 Å². The van der Waals surface area contributed by atoms with E-state index in [1.54, 1.807) is 0 Å². The molecule has 0 aliphatic carbocycles. The number of amides is 1. The van der Waals surface area contributed by atoms with Crippen molar-refractivity contribution < 1.29 is 27.1 Å². The first-order chi connectivity index (χ1) is 12.6. The maximum atomic E-state index is 14.5. The SMILES string of the molecule is C#CCN1C(=O)COc2cc(F)c(-n3nc(C)c(C(F)(F)F)cc3=O)cc21. The quantitative estimate of drug-likeness (QED) is 0.590. The van der Waals surface area contributed by atoms with Gasteiger partial charge in [-0.2, -0.15) is 23.0 Å². The van der Waals surface area contributed by atoms with Gasteiger partial charge in [0, 0.05) is 12.1 Å². The number of halogens is 4.